The van der Waals surface area contributed by atoms with Crippen LogP contribution in [0.3, 0.4) is 0 Å². The van der Waals surface area contributed by atoms with Gasteiger partial charge in [0.15, 0.2) is 0 Å². The summed E-state index contributed by atoms with van der Waals surface area (Å²) >= 11 is 3.39. The fourth-order valence-corrected chi connectivity index (χ4v) is 1.86. The normalized spacial score (nSPS) is 12.6. The van der Waals surface area contributed by atoms with E-state index in [4.69, 9.17) is 0 Å². The Labute approximate surface area is 100 Å². The molecule has 3 nitrogen and oxygen atoms in total. The number of aromatic nitrogens is 2. The second-order valence-electron chi connectivity index (χ2n) is 3.99. The Morgan fingerprint density at radius 2 is 2.13 bits per heavy atom. The van der Waals surface area contributed by atoms with Crippen LogP contribution >= 0.6 is 15.9 Å². The van der Waals surface area contributed by atoms with Crippen molar-refractivity contribution in [2.75, 3.05) is 18.5 Å². The smallest absolute Gasteiger partial charge is 0.133 e. The Bertz CT molecular complexity index is 307. The van der Waals surface area contributed by atoms with Crippen LogP contribution in [0, 0.1) is 12.8 Å². The predicted octanol–water partition coefficient (Wildman–Crippen LogP) is 3.03. The molecule has 84 valence electrons. The summed E-state index contributed by atoms with van der Waals surface area (Å²) in [5.41, 5.74) is 0. The third kappa shape index (κ3) is 3.78. The van der Waals surface area contributed by atoms with Crippen molar-refractivity contribution in [2.24, 2.45) is 5.92 Å². The molecule has 1 aromatic heterocycles. The molecular formula is C11H18BrN3. The Morgan fingerprint density at radius 1 is 1.47 bits per heavy atom. The van der Waals surface area contributed by atoms with Gasteiger partial charge in [-0.15, -0.1) is 0 Å². The van der Waals surface area contributed by atoms with Crippen LogP contribution in [0.5, 0.6) is 0 Å². The monoisotopic (exact) mass is 271 g/mol. The second-order valence-corrected chi connectivity index (χ2v) is 4.80. The van der Waals surface area contributed by atoms with Crippen LogP contribution in [0.2, 0.25) is 0 Å². The number of halogens is 1. The van der Waals surface area contributed by atoms with Crippen LogP contribution in [0.4, 0.5) is 5.82 Å². The minimum atomic E-state index is 0.684. The van der Waals surface area contributed by atoms with Gasteiger partial charge >= 0.3 is 0 Å². The van der Waals surface area contributed by atoms with E-state index in [1.165, 1.54) is 6.42 Å². The van der Waals surface area contributed by atoms with Crippen molar-refractivity contribution in [3.63, 3.8) is 0 Å². The number of aryl methyl sites for hydroxylation is 1. The van der Waals surface area contributed by atoms with Gasteiger partial charge in [-0.1, -0.05) is 20.3 Å². The summed E-state index contributed by atoms with van der Waals surface area (Å²) in [7, 11) is 2.07. The highest BCUT2D eigenvalue weighted by atomic mass is 79.9. The highest BCUT2D eigenvalue weighted by Crippen LogP contribution is 2.16. The summed E-state index contributed by atoms with van der Waals surface area (Å²) in [5.74, 6) is 2.47. The number of nitrogens with zero attached hydrogens (tertiary/aromatic N) is 3. The molecule has 1 aromatic rings. The van der Waals surface area contributed by atoms with E-state index in [9.17, 15) is 0 Å². The molecular weight excluding hydrogens is 254 g/mol. The summed E-state index contributed by atoms with van der Waals surface area (Å²) in [5, 5.41) is 0. The van der Waals surface area contributed by atoms with Crippen molar-refractivity contribution in [3.8, 4) is 0 Å². The van der Waals surface area contributed by atoms with Crippen LogP contribution < -0.4 is 4.90 Å². The number of anilines is 1. The first-order valence-electron chi connectivity index (χ1n) is 5.25. The van der Waals surface area contributed by atoms with Crippen molar-refractivity contribution in [2.45, 2.75) is 27.2 Å². The Morgan fingerprint density at radius 3 is 2.67 bits per heavy atom. The second kappa shape index (κ2) is 5.45. The van der Waals surface area contributed by atoms with Gasteiger partial charge in [-0.25, -0.2) is 9.97 Å². The molecule has 0 aliphatic heterocycles. The summed E-state index contributed by atoms with van der Waals surface area (Å²) in [6.07, 6.45) is 1.19. The molecule has 4 heteroatoms. The highest BCUT2D eigenvalue weighted by Gasteiger charge is 2.08. The summed E-state index contributed by atoms with van der Waals surface area (Å²) in [6.45, 7) is 7.39. The average Bonchev–Trinajstić information content (AvgIpc) is 2.16. The molecule has 1 heterocycles. The van der Waals surface area contributed by atoms with Crippen LogP contribution in [0.1, 0.15) is 26.1 Å². The van der Waals surface area contributed by atoms with E-state index in [1.54, 1.807) is 0 Å². The van der Waals surface area contributed by atoms with E-state index in [2.05, 4.69) is 51.7 Å². The zero-order valence-corrected chi connectivity index (χ0v) is 11.4. The zero-order valence-electron chi connectivity index (χ0n) is 9.79. The van der Waals surface area contributed by atoms with Gasteiger partial charge in [0.05, 0.1) is 0 Å². The van der Waals surface area contributed by atoms with Gasteiger partial charge in [-0.2, -0.15) is 0 Å². The van der Waals surface area contributed by atoms with E-state index in [0.29, 0.717) is 5.92 Å². The average molecular weight is 272 g/mol. The lowest BCUT2D eigenvalue weighted by Crippen LogP contribution is -2.24. The first kappa shape index (κ1) is 12.4. The molecule has 0 saturated carbocycles. The van der Waals surface area contributed by atoms with Crippen molar-refractivity contribution < 1.29 is 0 Å². The lowest BCUT2D eigenvalue weighted by Gasteiger charge is -2.21. The quantitative estimate of drug-likeness (QED) is 0.789. The molecule has 0 radical (unpaired) electrons. The van der Waals surface area contributed by atoms with Crippen LogP contribution in [-0.4, -0.2) is 23.6 Å². The van der Waals surface area contributed by atoms with Gasteiger partial charge in [0, 0.05) is 19.7 Å². The van der Waals surface area contributed by atoms with Crippen LogP contribution in [0.25, 0.3) is 0 Å². The standard InChI is InChI=1S/C11H18BrN3/c1-5-8(2)7-15(4)11-6-10(12)13-9(3)14-11/h6,8H,5,7H2,1-4H3. The molecule has 1 atom stereocenters. The van der Waals surface area contributed by atoms with E-state index in [-0.39, 0.29) is 0 Å². The maximum atomic E-state index is 4.41. The zero-order chi connectivity index (χ0) is 11.4. The van der Waals surface area contributed by atoms with Crippen molar-refractivity contribution >= 4 is 21.7 Å². The summed E-state index contributed by atoms with van der Waals surface area (Å²) in [4.78, 5) is 10.8. The van der Waals surface area contributed by atoms with Crippen molar-refractivity contribution in [1.29, 1.82) is 0 Å². The fraction of sp³-hybridized carbons (Fsp3) is 0.636. The topological polar surface area (TPSA) is 29.0 Å². The van der Waals surface area contributed by atoms with Gasteiger partial charge in [-0.05, 0) is 28.8 Å². The molecule has 0 bridgehead atoms. The lowest BCUT2D eigenvalue weighted by atomic mass is 10.1. The van der Waals surface area contributed by atoms with E-state index < -0.39 is 0 Å². The van der Waals surface area contributed by atoms with E-state index in [0.717, 1.165) is 22.8 Å². The largest absolute Gasteiger partial charge is 0.359 e. The maximum absolute atomic E-state index is 4.41. The van der Waals surface area contributed by atoms with Crippen LogP contribution in [0.15, 0.2) is 10.7 Å². The van der Waals surface area contributed by atoms with Gasteiger partial charge < -0.3 is 4.90 Å². The molecule has 0 amide bonds. The number of hydrogen-bond acceptors (Lipinski definition) is 3. The first-order chi connectivity index (χ1) is 7.02. The Kier molecular flexibility index (Phi) is 4.51. The third-order valence-electron chi connectivity index (χ3n) is 2.47. The molecule has 0 aliphatic rings. The maximum Gasteiger partial charge on any atom is 0.133 e. The fourth-order valence-electron chi connectivity index (χ4n) is 1.40. The molecule has 0 spiro atoms. The van der Waals surface area contributed by atoms with Gasteiger partial charge in [-0.3, -0.25) is 0 Å². The summed E-state index contributed by atoms with van der Waals surface area (Å²) in [6, 6.07) is 1.95. The van der Waals surface area contributed by atoms with Gasteiger partial charge in [0.2, 0.25) is 0 Å². The molecule has 0 aliphatic carbocycles. The Balaban J connectivity index is 2.77. The molecule has 15 heavy (non-hydrogen) atoms. The van der Waals surface area contributed by atoms with E-state index >= 15 is 0 Å². The van der Waals surface area contributed by atoms with E-state index in [1.807, 2.05) is 13.0 Å². The Hall–Kier alpha value is -0.640. The van der Waals surface area contributed by atoms with Crippen LogP contribution in [-0.2, 0) is 0 Å². The molecule has 0 N–H and O–H groups in total. The highest BCUT2D eigenvalue weighted by molar-refractivity contribution is 9.10. The molecule has 1 rings (SSSR count). The third-order valence-corrected chi connectivity index (χ3v) is 2.87. The minimum Gasteiger partial charge on any atom is -0.359 e. The van der Waals surface area contributed by atoms with Gasteiger partial charge in [0.1, 0.15) is 16.2 Å². The van der Waals surface area contributed by atoms with Gasteiger partial charge in [0.25, 0.3) is 0 Å². The predicted molar refractivity (Wildman–Crippen MR) is 67.2 cm³/mol. The number of rotatable bonds is 4. The summed E-state index contributed by atoms with van der Waals surface area (Å²) < 4.78 is 0.848. The molecule has 0 fully saturated rings. The molecule has 0 aromatic carbocycles. The van der Waals surface area contributed by atoms with Crippen molar-refractivity contribution in [3.05, 3.63) is 16.5 Å². The number of hydrogen-bond donors (Lipinski definition) is 0. The molecule has 1 unspecified atom stereocenters. The SMILES string of the molecule is CCC(C)CN(C)c1cc(Br)nc(C)n1. The lowest BCUT2D eigenvalue weighted by molar-refractivity contribution is 0.557. The minimum absolute atomic E-state index is 0.684. The van der Waals surface area contributed by atoms with Crippen molar-refractivity contribution in [1.82, 2.24) is 9.97 Å². The first-order valence-corrected chi connectivity index (χ1v) is 6.04. The molecule has 0 saturated heterocycles.